The maximum Gasteiger partial charge on any atom is 0.407 e. The number of phenolic OH excluding ortho intramolecular Hbond substituents is 1. The standard InChI is InChI=1S/C16H25BrN2O3/c1-5-12(19-15(21)22-16(2,3)4)10-18-9-11-7-6-8-13(17)14(11)20/h6-8,12,18,20H,5,9-10H2,1-4H3,(H,19,21). The van der Waals surface area contributed by atoms with E-state index >= 15 is 0 Å². The lowest BCUT2D eigenvalue weighted by Crippen LogP contribution is -2.43. The maximum absolute atomic E-state index is 11.8. The van der Waals surface area contributed by atoms with Gasteiger partial charge < -0.3 is 20.5 Å². The quantitative estimate of drug-likeness (QED) is 0.713. The molecule has 0 fully saturated rings. The van der Waals surface area contributed by atoms with E-state index in [0.717, 1.165) is 12.0 Å². The normalized spacial score (nSPS) is 12.8. The molecule has 22 heavy (non-hydrogen) atoms. The molecule has 6 heteroatoms. The van der Waals surface area contributed by atoms with Gasteiger partial charge in [-0.05, 0) is 49.2 Å². The molecule has 0 saturated carbocycles. The second kappa shape index (κ2) is 8.39. The number of amides is 1. The van der Waals surface area contributed by atoms with Crippen LogP contribution >= 0.6 is 15.9 Å². The predicted octanol–water partition coefficient (Wildman–Crippen LogP) is 3.55. The Hall–Kier alpha value is -1.27. The van der Waals surface area contributed by atoms with Crippen LogP contribution in [0.1, 0.15) is 39.7 Å². The first-order chi connectivity index (χ1) is 10.2. The monoisotopic (exact) mass is 372 g/mol. The molecule has 1 atom stereocenters. The van der Waals surface area contributed by atoms with E-state index in [0.29, 0.717) is 17.6 Å². The fourth-order valence-corrected chi connectivity index (χ4v) is 2.26. The summed E-state index contributed by atoms with van der Waals surface area (Å²) in [5, 5.41) is 16.0. The molecule has 0 spiro atoms. The van der Waals surface area contributed by atoms with Gasteiger partial charge in [-0.2, -0.15) is 0 Å². The molecule has 124 valence electrons. The number of ether oxygens (including phenoxy) is 1. The minimum atomic E-state index is -0.502. The summed E-state index contributed by atoms with van der Waals surface area (Å²) in [5.74, 6) is 0.239. The van der Waals surface area contributed by atoms with E-state index in [4.69, 9.17) is 4.74 Å². The Morgan fingerprint density at radius 3 is 2.68 bits per heavy atom. The minimum Gasteiger partial charge on any atom is -0.506 e. The third kappa shape index (κ3) is 6.66. The number of carbonyl (C=O) groups excluding carboxylic acids is 1. The molecule has 0 aliphatic heterocycles. The fourth-order valence-electron chi connectivity index (χ4n) is 1.86. The average Bonchev–Trinajstić information content (AvgIpc) is 2.40. The predicted molar refractivity (Wildman–Crippen MR) is 91.0 cm³/mol. The van der Waals surface area contributed by atoms with Gasteiger partial charge in [-0.3, -0.25) is 0 Å². The summed E-state index contributed by atoms with van der Waals surface area (Å²) in [5.41, 5.74) is 0.305. The Morgan fingerprint density at radius 1 is 1.41 bits per heavy atom. The van der Waals surface area contributed by atoms with Gasteiger partial charge in [0.1, 0.15) is 11.4 Å². The molecular weight excluding hydrogens is 348 g/mol. The number of carbonyl (C=O) groups is 1. The largest absolute Gasteiger partial charge is 0.506 e. The van der Waals surface area contributed by atoms with Crippen LogP contribution in [0.2, 0.25) is 0 Å². The smallest absolute Gasteiger partial charge is 0.407 e. The number of para-hydroxylation sites is 1. The van der Waals surface area contributed by atoms with Gasteiger partial charge in [0.05, 0.1) is 4.47 Å². The second-order valence-electron chi connectivity index (χ2n) is 6.13. The van der Waals surface area contributed by atoms with Gasteiger partial charge in [0.15, 0.2) is 0 Å². The first kappa shape index (κ1) is 18.8. The maximum atomic E-state index is 11.8. The molecule has 1 unspecified atom stereocenters. The summed E-state index contributed by atoms with van der Waals surface area (Å²) in [6, 6.07) is 5.49. The Labute approximate surface area is 140 Å². The first-order valence-corrected chi connectivity index (χ1v) is 8.18. The van der Waals surface area contributed by atoms with Crippen LogP contribution in [0, 0.1) is 0 Å². The summed E-state index contributed by atoms with van der Waals surface area (Å²) in [6.07, 6.45) is 0.378. The van der Waals surface area contributed by atoms with Gasteiger partial charge in [0.2, 0.25) is 0 Å². The lowest BCUT2D eigenvalue weighted by molar-refractivity contribution is 0.0502. The summed E-state index contributed by atoms with van der Waals surface area (Å²) >= 11 is 3.29. The molecule has 3 N–H and O–H groups in total. The molecule has 0 aliphatic rings. The van der Waals surface area contributed by atoms with Crippen molar-refractivity contribution in [3.63, 3.8) is 0 Å². The Bertz CT molecular complexity index is 501. The molecular formula is C16H25BrN2O3. The van der Waals surface area contributed by atoms with Crippen LogP contribution in [0.5, 0.6) is 5.75 Å². The van der Waals surface area contributed by atoms with Crippen LogP contribution in [0.15, 0.2) is 22.7 Å². The lowest BCUT2D eigenvalue weighted by Gasteiger charge is -2.23. The fraction of sp³-hybridized carbons (Fsp3) is 0.562. The molecule has 1 aromatic rings. The number of nitrogens with one attached hydrogen (secondary N) is 2. The molecule has 0 aliphatic carbocycles. The zero-order chi connectivity index (χ0) is 16.8. The van der Waals surface area contributed by atoms with Crippen LogP contribution in [0.4, 0.5) is 4.79 Å². The number of halogens is 1. The van der Waals surface area contributed by atoms with E-state index in [1.54, 1.807) is 6.07 Å². The minimum absolute atomic E-state index is 0.0239. The van der Waals surface area contributed by atoms with E-state index in [-0.39, 0.29) is 11.8 Å². The third-order valence-electron chi connectivity index (χ3n) is 2.99. The van der Waals surface area contributed by atoms with Crippen molar-refractivity contribution in [2.24, 2.45) is 0 Å². The summed E-state index contributed by atoms with van der Waals surface area (Å²) in [7, 11) is 0. The van der Waals surface area contributed by atoms with Crippen LogP contribution in [-0.2, 0) is 11.3 Å². The summed E-state index contributed by atoms with van der Waals surface area (Å²) in [6.45, 7) is 8.63. The molecule has 0 saturated heterocycles. The molecule has 0 heterocycles. The van der Waals surface area contributed by atoms with E-state index in [1.165, 1.54) is 0 Å². The van der Waals surface area contributed by atoms with Crippen molar-refractivity contribution in [3.8, 4) is 5.75 Å². The third-order valence-corrected chi connectivity index (χ3v) is 3.63. The lowest BCUT2D eigenvalue weighted by atomic mass is 10.2. The van der Waals surface area contributed by atoms with Crippen molar-refractivity contribution < 1.29 is 14.6 Å². The van der Waals surface area contributed by atoms with Crippen molar-refractivity contribution in [1.29, 1.82) is 0 Å². The number of benzene rings is 1. The number of hydrogen-bond donors (Lipinski definition) is 3. The van der Waals surface area contributed by atoms with Crippen LogP contribution in [-0.4, -0.2) is 29.4 Å². The van der Waals surface area contributed by atoms with Crippen molar-refractivity contribution in [2.45, 2.75) is 52.3 Å². The number of hydrogen-bond acceptors (Lipinski definition) is 4. The SMILES string of the molecule is CCC(CNCc1cccc(Br)c1O)NC(=O)OC(C)(C)C. The van der Waals surface area contributed by atoms with E-state index in [1.807, 2.05) is 39.8 Å². The Balaban J connectivity index is 2.44. The molecule has 0 aromatic heterocycles. The number of phenols is 1. The molecule has 1 rings (SSSR count). The van der Waals surface area contributed by atoms with Crippen molar-refractivity contribution in [3.05, 3.63) is 28.2 Å². The van der Waals surface area contributed by atoms with Crippen molar-refractivity contribution >= 4 is 22.0 Å². The van der Waals surface area contributed by atoms with Crippen molar-refractivity contribution in [2.75, 3.05) is 6.54 Å². The highest BCUT2D eigenvalue weighted by molar-refractivity contribution is 9.10. The highest BCUT2D eigenvalue weighted by Gasteiger charge is 2.18. The van der Waals surface area contributed by atoms with Crippen molar-refractivity contribution in [1.82, 2.24) is 10.6 Å². The Morgan fingerprint density at radius 2 is 2.09 bits per heavy atom. The topological polar surface area (TPSA) is 70.6 Å². The second-order valence-corrected chi connectivity index (χ2v) is 6.98. The molecule has 1 aromatic carbocycles. The summed E-state index contributed by atoms with van der Waals surface area (Å²) in [4.78, 5) is 11.8. The number of alkyl carbamates (subject to hydrolysis) is 1. The van der Waals surface area contributed by atoms with Gasteiger partial charge in [0.25, 0.3) is 0 Å². The van der Waals surface area contributed by atoms with E-state index in [9.17, 15) is 9.90 Å². The van der Waals surface area contributed by atoms with E-state index < -0.39 is 11.7 Å². The van der Waals surface area contributed by atoms with Gasteiger partial charge in [0, 0.05) is 24.7 Å². The highest BCUT2D eigenvalue weighted by Crippen LogP contribution is 2.27. The zero-order valence-corrected chi connectivity index (χ0v) is 15.2. The van der Waals surface area contributed by atoms with Gasteiger partial charge in [-0.15, -0.1) is 0 Å². The molecule has 5 nitrogen and oxygen atoms in total. The average molecular weight is 373 g/mol. The molecule has 0 radical (unpaired) electrons. The van der Waals surface area contributed by atoms with Gasteiger partial charge in [-0.25, -0.2) is 4.79 Å². The van der Waals surface area contributed by atoms with E-state index in [2.05, 4.69) is 26.6 Å². The highest BCUT2D eigenvalue weighted by atomic mass is 79.9. The van der Waals surface area contributed by atoms with Crippen LogP contribution < -0.4 is 10.6 Å². The number of aromatic hydroxyl groups is 1. The first-order valence-electron chi connectivity index (χ1n) is 7.39. The van der Waals surface area contributed by atoms with Gasteiger partial charge >= 0.3 is 6.09 Å². The van der Waals surface area contributed by atoms with Crippen LogP contribution in [0.25, 0.3) is 0 Å². The molecule has 1 amide bonds. The van der Waals surface area contributed by atoms with Crippen LogP contribution in [0.3, 0.4) is 0 Å². The summed E-state index contributed by atoms with van der Waals surface area (Å²) < 4.78 is 5.92. The number of rotatable bonds is 6. The van der Waals surface area contributed by atoms with Gasteiger partial charge in [-0.1, -0.05) is 19.1 Å². The Kier molecular flexibility index (Phi) is 7.16. The zero-order valence-electron chi connectivity index (χ0n) is 13.6. The molecule has 0 bridgehead atoms.